The molecule has 0 spiro atoms. The van der Waals surface area contributed by atoms with Crippen LogP contribution in [0.4, 0.5) is 11.4 Å². The molecular formula is C25H30N2O2. The maximum atomic E-state index is 6.85. The van der Waals surface area contributed by atoms with E-state index < -0.39 is 5.60 Å². The summed E-state index contributed by atoms with van der Waals surface area (Å²) in [6.07, 6.45) is 10.0. The van der Waals surface area contributed by atoms with Crippen molar-refractivity contribution in [3.05, 3.63) is 72.5 Å². The number of benzene rings is 2. The van der Waals surface area contributed by atoms with Gasteiger partial charge < -0.3 is 14.4 Å². The fourth-order valence-corrected chi connectivity index (χ4v) is 4.37. The standard InChI is InChI=1S/C25H30N2O2/c1-28-24-17-18-26-19-25(24,29-23-15-9-4-10-16-23)20-27(21-11-5-2-6-12-21)22-13-7-3-8-14-22/h2-3,5-8,11-14,17-18,23H,4,9-10,15-16,19-20H2,1H3. The van der Waals surface area contributed by atoms with E-state index in [-0.39, 0.29) is 6.10 Å². The lowest BCUT2D eigenvalue weighted by molar-refractivity contribution is -0.0952. The first-order chi connectivity index (χ1) is 14.3. The van der Waals surface area contributed by atoms with Gasteiger partial charge in [-0.1, -0.05) is 55.7 Å². The number of allylic oxidation sites excluding steroid dienone is 1. The van der Waals surface area contributed by atoms with Gasteiger partial charge in [0.15, 0.2) is 5.60 Å². The van der Waals surface area contributed by atoms with Crippen LogP contribution in [-0.4, -0.2) is 38.1 Å². The monoisotopic (exact) mass is 390 g/mol. The molecule has 152 valence electrons. The Balaban J connectivity index is 1.70. The number of methoxy groups -OCH3 is 1. The molecule has 1 unspecified atom stereocenters. The smallest absolute Gasteiger partial charge is 0.162 e. The Morgan fingerprint density at radius 3 is 2.14 bits per heavy atom. The quantitative estimate of drug-likeness (QED) is 0.623. The maximum absolute atomic E-state index is 6.85. The molecule has 0 N–H and O–H groups in total. The van der Waals surface area contributed by atoms with Crippen molar-refractivity contribution in [1.82, 2.24) is 0 Å². The number of aliphatic imine (C=N–C) groups is 1. The second kappa shape index (κ2) is 9.27. The van der Waals surface area contributed by atoms with Crippen molar-refractivity contribution in [3.8, 4) is 0 Å². The number of nitrogens with zero attached hydrogens (tertiary/aromatic N) is 2. The van der Waals surface area contributed by atoms with Crippen LogP contribution in [-0.2, 0) is 9.47 Å². The fraction of sp³-hybridized carbons (Fsp3) is 0.400. The molecule has 2 aromatic carbocycles. The van der Waals surface area contributed by atoms with Crippen LogP contribution in [0.1, 0.15) is 32.1 Å². The van der Waals surface area contributed by atoms with E-state index in [0.29, 0.717) is 13.1 Å². The summed E-state index contributed by atoms with van der Waals surface area (Å²) in [6.45, 7) is 1.22. The van der Waals surface area contributed by atoms with Crippen molar-refractivity contribution < 1.29 is 9.47 Å². The van der Waals surface area contributed by atoms with Gasteiger partial charge in [-0.3, -0.25) is 4.99 Å². The van der Waals surface area contributed by atoms with Gasteiger partial charge in [-0.05, 0) is 43.2 Å². The highest BCUT2D eigenvalue weighted by molar-refractivity contribution is 5.74. The summed E-state index contributed by atoms with van der Waals surface area (Å²) in [5, 5.41) is 0. The topological polar surface area (TPSA) is 34.1 Å². The normalized spacial score (nSPS) is 22.2. The number of ether oxygens (including phenoxy) is 2. The molecule has 1 fully saturated rings. The van der Waals surface area contributed by atoms with E-state index in [2.05, 4.69) is 58.4 Å². The summed E-state index contributed by atoms with van der Waals surface area (Å²) >= 11 is 0. The van der Waals surface area contributed by atoms with Gasteiger partial charge in [0.25, 0.3) is 0 Å². The Hall–Kier alpha value is -2.59. The number of hydrogen-bond acceptors (Lipinski definition) is 4. The number of dihydropyridines is 1. The van der Waals surface area contributed by atoms with Gasteiger partial charge in [0.2, 0.25) is 0 Å². The summed E-state index contributed by atoms with van der Waals surface area (Å²) in [5.41, 5.74) is 1.67. The first kappa shape index (κ1) is 19.7. The van der Waals surface area contributed by atoms with Crippen molar-refractivity contribution in [2.45, 2.75) is 43.8 Å². The van der Waals surface area contributed by atoms with E-state index in [4.69, 9.17) is 9.47 Å². The third-order valence-electron chi connectivity index (χ3n) is 5.84. The molecule has 0 saturated heterocycles. The average Bonchev–Trinajstić information content (AvgIpc) is 2.80. The van der Waals surface area contributed by atoms with Crippen LogP contribution in [0, 0.1) is 0 Å². The molecule has 29 heavy (non-hydrogen) atoms. The Morgan fingerprint density at radius 2 is 1.55 bits per heavy atom. The SMILES string of the molecule is COC1=CC=NCC1(CN(c1ccccc1)c1ccccc1)OC1CCCCC1. The van der Waals surface area contributed by atoms with Gasteiger partial charge in [0, 0.05) is 17.6 Å². The largest absolute Gasteiger partial charge is 0.498 e. The van der Waals surface area contributed by atoms with Crippen molar-refractivity contribution in [2.75, 3.05) is 25.1 Å². The van der Waals surface area contributed by atoms with E-state index in [0.717, 1.165) is 30.0 Å². The van der Waals surface area contributed by atoms with Gasteiger partial charge in [-0.15, -0.1) is 0 Å². The summed E-state index contributed by atoms with van der Waals surface area (Å²) in [4.78, 5) is 6.92. The van der Waals surface area contributed by atoms with Crippen molar-refractivity contribution in [3.63, 3.8) is 0 Å². The number of para-hydroxylation sites is 2. The molecule has 2 aromatic rings. The number of anilines is 2. The highest BCUT2D eigenvalue weighted by Gasteiger charge is 2.42. The highest BCUT2D eigenvalue weighted by Crippen LogP contribution is 2.36. The summed E-state index contributed by atoms with van der Waals surface area (Å²) in [5.74, 6) is 0.856. The van der Waals surface area contributed by atoms with Crippen LogP contribution in [0.2, 0.25) is 0 Å². The van der Waals surface area contributed by atoms with E-state index >= 15 is 0 Å². The molecule has 4 heteroatoms. The lowest BCUT2D eigenvalue weighted by Crippen LogP contribution is -2.51. The molecule has 4 nitrogen and oxygen atoms in total. The second-order valence-electron chi connectivity index (χ2n) is 7.85. The molecule has 0 aromatic heterocycles. The predicted octanol–water partition coefficient (Wildman–Crippen LogP) is 5.53. The molecule has 1 aliphatic heterocycles. The first-order valence-corrected chi connectivity index (χ1v) is 10.6. The number of hydrogen-bond donors (Lipinski definition) is 0. The Morgan fingerprint density at radius 1 is 0.931 bits per heavy atom. The molecule has 0 radical (unpaired) electrons. The van der Waals surface area contributed by atoms with Crippen LogP contribution in [0.5, 0.6) is 0 Å². The molecule has 1 aliphatic carbocycles. The maximum Gasteiger partial charge on any atom is 0.162 e. The van der Waals surface area contributed by atoms with Gasteiger partial charge in [0.1, 0.15) is 5.76 Å². The van der Waals surface area contributed by atoms with Crippen molar-refractivity contribution >= 4 is 17.6 Å². The van der Waals surface area contributed by atoms with E-state index in [9.17, 15) is 0 Å². The summed E-state index contributed by atoms with van der Waals surface area (Å²) in [7, 11) is 1.74. The van der Waals surface area contributed by atoms with Crippen LogP contribution in [0.15, 0.2) is 77.5 Å². The van der Waals surface area contributed by atoms with Gasteiger partial charge in [-0.25, -0.2) is 0 Å². The Kier molecular flexibility index (Phi) is 6.30. The minimum absolute atomic E-state index is 0.254. The molecule has 2 aliphatic rings. The molecule has 1 atom stereocenters. The highest BCUT2D eigenvalue weighted by atomic mass is 16.6. The number of rotatable bonds is 7. The Labute approximate surface area is 173 Å². The fourth-order valence-electron chi connectivity index (χ4n) is 4.37. The molecule has 0 bridgehead atoms. The molecule has 4 rings (SSSR count). The van der Waals surface area contributed by atoms with Crippen LogP contribution >= 0.6 is 0 Å². The third-order valence-corrected chi connectivity index (χ3v) is 5.84. The van der Waals surface area contributed by atoms with E-state index in [1.165, 1.54) is 19.3 Å². The van der Waals surface area contributed by atoms with Gasteiger partial charge in [0.05, 0.1) is 26.3 Å². The summed E-state index contributed by atoms with van der Waals surface area (Å²) < 4.78 is 12.7. The molecular weight excluding hydrogens is 360 g/mol. The zero-order chi connectivity index (χ0) is 19.9. The molecule has 1 saturated carbocycles. The first-order valence-electron chi connectivity index (χ1n) is 10.6. The lowest BCUT2D eigenvalue weighted by Gasteiger charge is -2.42. The van der Waals surface area contributed by atoms with Crippen molar-refractivity contribution in [1.29, 1.82) is 0 Å². The van der Waals surface area contributed by atoms with Gasteiger partial charge in [-0.2, -0.15) is 0 Å². The van der Waals surface area contributed by atoms with Gasteiger partial charge >= 0.3 is 0 Å². The van der Waals surface area contributed by atoms with E-state index in [1.807, 2.05) is 24.4 Å². The minimum atomic E-state index is -0.600. The molecule has 0 amide bonds. The average molecular weight is 391 g/mol. The third kappa shape index (κ3) is 4.54. The zero-order valence-electron chi connectivity index (χ0n) is 17.2. The van der Waals surface area contributed by atoms with Crippen molar-refractivity contribution in [2.24, 2.45) is 4.99 Å². The van der Waals surface area contributed by atoms with Crippen LogP contribution in [0.25, 0.3) is 0 Å². The van der Waals surface area contributed by atoms with Crippen LogP contribution in [0.3, 0.4) is 0 Å². The second-order valence-corrected chi connectivity index (χ2v) is 7.85. The summed E-state index contributed by atoms with van der Waals surface area (Å²) in [6, 6.07) is 21.0. The predicted molar refractivity (Wildman–Crippen MR) is 119 cm³/mol. The zero-order valence-corrected chi connectivity index (χ0v) is 17.2. The lowest BCUT2D eigenvalue weighted by atomic mass is 9.93. The molecule has 1 heterocycles. The minimum Gasteiger partial charge on any atom is -0.498 e. The Bertz CT molecular complexity index is 789. The van der Waals surface area contributed by atoms with E-state index in [1.54, 1.807) is 7.11 Å². The van der Waals surface area contributed by atoms with Crippen LogP contribution < -0.4 is 4.90 Å².